The lowest BCUT2D eigenvalue weighted by molar-refractivity contribution is -0.115. The van der Waals surface area contributed by atoms with Crippen LogP contribution < -0.4 is 16.1 Å². The number of halogens is 2. The van der Waals surface area contributed by atoms with Crippen LogP contribution in [0.15, 0.2) is 63.5 Å². The number of hydrazone groups is 1. The van der Waals surface area contributed by atoms with Gasteiger partial charge in [-0.2, -0.15) is 5.10 Å². The van der Waals surface area contributed by atoms with Gasteiger partial charge in [-0.1, -0.05) is 23.4 Å². The number of amides is 1. The zero-order chi connectivity index (χ0) is 25.5. The summed E-state index contributed by atoms with van der Waals surface area (Å²) in [6.45, 7) is 1.43. The Morgan fingerprint density at radius 1 is 1.31 bits per heavy atom. The summed E-state index contributed by atoms with van der Waals surface area (Å²) in [6, 6.07) is 7.83. The number of amidine groups is 1. The SMILES string of the molecule is CN(/N=C1/CNCCN1C=O)c1nc(C(N)=CC(=NCc2ccccc2F)c2ccon2)ncc1F. The van der Waals surface area contributed by atoms with Gasteiger partial charge in [-0.25, -0.2) is 23.8 Å². The quantitative estimate of drug-likeness (QED) is 0.273. The van der Waals surface area contributed by atoms with Crippen LogP contribution in [0, 0.1) is 11.6 Å². The van der Waals surface area contributed by atoms with Gasteiger partial charge in [0.15, 0.2) is 17.5 Å². The van der Waals surface area contributed by atoms with Crippen LogP contribution in [0.1, 0.15) is 17.1 Å². The van der Waals surface area contributed by atoms with Gasteiger partial charge >= 0.3 is 0 Å². The lowest BCUT2D eigenvalue weighted by Crippen LogP contribution is -2.48. The molecule has 36 heavy (non-hydrogen) atoms. The smallest absolute Gasteiger partial charge is 0.215 e. The minimum atomic E-state index is -0.732. The van der Waals surface area contributed by atoms with Gasteiger partial charge in [-0.3, -0.25) is 14.7 Å². The second-order valence-electron chi connectivity index (χ2n) is 7.66. The first-order valence-electron chi connectivity index (χ1n) is 10.9. The number of hydrogen-bond donors (Lipinski definition) is 2. The first-order chi connectivity index (χ1) is 17.5. The predicted molar refractivity (Wildman–Crippen MR) is 129 cm³/mol. The van der Waals surface area contributed by atoms with Crippen LogP contribution in [-0.2, 0) is 11.3 Å². The Morgan fingerprint density at radius 2 is 2.14 bits per heavy atom. The molecule has 0 saturated carbocycles. The summed E-state index contributed by atoms with van der Waals surface area (Å²) in [6.07, 6.45) is 4.45. The summed E-state index contributed by atoms with van der Waals surface area (Å²) in [5.74, 6) is -0.850. The van der Waals surface area contributed by atoms with Crippen molar-refractivity contribution in [3.63, 3.8) is 0 Å². The van der Waals surface area contributed by atoms with E-state index in [2.05, 4.69) is 30.5 Å². The highest BCUT2D eigenvalue weighted by Crippen LogP contribution is 2.18. The van der Waals surface area contributed by atoms with Gasteiger partial charge in [0.1, 0.15) is 23.6 Å². The van der Waals surface area contributed by atoms with Crippen molar-refractivity contribution < 1.29 is 18.1 Å². The molecule has 1 aliphatic heterocycles. The van der Waals surface area contributed by atoms with Crippen molar-refractivity contribution in [2.24, 2.45) is 15.8 Å². The van der Waals surface area contributed by atoms with Crippen LogP contribution >= 0.6 is 0 Å². The van der Waals surface area contributed by atoms with E-state index in [1.165, 1.54) is 35.4 Å². The van der Waals surface area contributed by atoms with E-state index in [9.17, 15) is 13.6 Å². The molecule has 13 heteroatoms. The molecule has 3 aromatic rings. The third-order valence-corrected chi connectivity index (χ3v) is 5.20. The first kappa shape index (κ1) is 24.6. The third-order valence-electron chi connectivity index (χ3n) is 5.20. The molecule has 1 aromatic carbocycles. The van der Waals surface area contributed by atoms with Gasteiger partial charge in [-0.05, 0) is 12.1 Å². The summed E-state index contributed by atoms with van der Waals surface area (Å²) in [5.41, 5.74) is 7.32. The number of carbonyl (C=O) groups is 1. The highest BCUT2D eigenvalue weighted by Gasteiger charge is 2.19. The summed E-state index contributed by atoms with van der Waals surface area (Å²) in [5, 5.41) is 12.5. The Morgan fingerprint density at radius 3 is 2.89 bits per heavy atom. The van der Waals surface area contributed by atoms with Crippen LogP contribution in [-0.4, -0.2) is 64.7 Å². The van der Waals surface area contributed by atoms with E-state index in [1.807, 2.05) is 0 Å². The van der Waals surface area contributed by atoms with Crippen LogP contribution in [0.25, 0.3) is 5.70 Å². The van der Waals surface area contributed by atoms with Crippen molar-refractivity contribution in [2.45, 2.75) is 6.54 Å². The van der Waals surface area contributed by atoms with Crippen molar-refractivity contribution in [1.82, 2.24) is 25.3 Å². The number of benzene rings is 1. The van der Waals surface area contributed by atoms with Gasteiger partial charge in [-0.15, -0.1) is 0 Å². The van der Waals surface area contributed by atoms with Gasteiger partial charge < -0.3 is 15.6 Å². The maximum absolute atomic E-state index is 14.6. The number of piperazine rings is 1. The van der Waals surface area contributed by atoms with Crippen LogP contribution in [0.3, 0.4) is 0 Å². The summed E-state index contributed by atoms with van der Waals surface area (Å²) >= 11 is 0. The second-order valence-corrected chi connectivity index (χ2v) is 7.66. The molecule has 1 fully saturated rings. The number of anilines is 1. The standard InChI is InChI=1S/C23H23F2N9O2/c1-33(31-21-13-27-7-8-34(21)14-35)23-17(25)12-29-22(30-23)18(26)10-20(19-6-9-36-32-19)28-11-15-4-2-3-5-16(15)24/h2-6,9-10,12,14,27H,7-8,11,13,26H2,1H3/b18-10?,28-20?,31-21-. The number of allylic oxidation sites excluding steroid dienone is 1. The fraction of sp³-hybridized carbons (Fsp3) is 0.217. The number of hydrogen-bond acceptors (Lipinski definition) is 10. The third kappa shape index (κ3) is 5.75. The van der Waals surface area contributed by atoms with E-state index in [-0.39, 0.29) is 23.9 Å². The average Bonchev–Trinajstić information content (AvgIpc) is 3.43. The molecule has 0 bridgehead atoms. The van der Waals surface area contributed by atoms with Crippen molar-refractivity contribution in [2.75, 3.05) is 31.7 Å². The number of nitrogens with one attached hydrogen (secondary N) is 1. The molecule has 4 rings (SSSR count). The molecule has 0 spiro atoms. The molecule has 0 unspecified atom stereocenters. The molecule has 0 radical (unpaired) electrons. The van der Waals surface area contributed by atoms with E-state index in [0.717, 1.165) is 6.20 Å². The summed E-state index contributed by atoms with van der Waals surface area (Å²) in [4.78, 5) is 25.3. The van der Waals surface area contributed by atoms with Gasteiger partial charge in [0.05, 0.1) is 30.7 Å². The second kappa shape index (κ2) is 11.3. The molecule has 2 aromatic heterocycles. The summed E-state index contributed by atoms with van der Waals surface area (Å²) in [7, 11) is 1.50. The minimum absolute atomic E-state index is 0.00884. The van der Waals surface area contributed by atoms with Gasteiger partial charge in [0, 0.05) is 31.8 Å². The zero-order valence-corrected chi connectivity index (χ0v) is 19.3. The predicted octanol–water partition coefficient (Wildman–Crippen LogP) is 1.54. The molecule has 0 aliphatic carbocycles. The Bertz CT molecular complexity index is 1310. The van der Waals surface area contributed by atoms with Crippen LogP contribution in [0.5, 0.6) is 0 Å². The zero-order valence-electron chi connectivity index (χ0n) is 19.3. The molecular formula is C23H23F2N9O2. The van der Waals surface area contributed by atoms with E-state index in [0.29, 0.717) is 48.8 Å². The maximum Gasteiger partial charge on any atom is 0.215 e. The molecule has 1 aliphatic rings. The number of rotatable bonds is 8. The Balaban J connectivity index is 1.64. The molecule has 186 valence electrons. The van der Waals surface area contributed by atoms with Crippen molar-refractivity contribution in [3.05, 3.63) is 77.6 Å². The molecule has 3 N–H and O–H groups in total. The molecular weight excluding hydrogens is 472 g/mol. The molecule has 3 heterocycles. The Hall–Kier alpha value is -4.52. The summed E-state index contributed by atoms with van der Waals surface area (Å²) < 4.78 is 33.5. The minimum Gasteiger partial charge on any atom is -0.396 e. The number of carbonyl (C=O) groups excluding carboxylic acids is 1. The highest BCUT2D eigenvalue weighted by atomic mass is 19.1. The normalized spacial score (nSPS) is 15.9. The van der Waals surface area contributed by atoms with Crippen LogP contribution in [0.2, 0.25) is 0 Å². The topological polar surface area (TPSA) is 138 Å². The van der Waals surface area contributed by atoms with E-state index in [4.69, 9.17) is 10.3 Å². The van der Waals surface area contributed by atoms with Crippen molar-refractivity contribution >= 4 is 29.5 Å². The van der Waals surface area contributed by atoms with E-state index in [1.54, 1.807) is 24.3 Å². The molecule has 11 nitrogen and oxygen atoms in total. The number of nitrogens with two attached hydrogens (primary N) is 1. The Labute approximate surface area is 205 Å². The van der Waals surface area contributed by atoms with E-state index >= 15 is 0 Å². The van der Waals surface area contributed by atoms with Crippen molar-refractivity contribution in [3.8, 4) is 0 Å². The molecule has 0 atom stereocenters. The average molecular weight is 495 g/mol. The van der Waals surface area contributed by atoms with Crippen LogP contribution in [0.4, 0.5) is 14.6 Å². The van der Waals surface area contributed by atoms with Gasteiger partial charge in [0.25, 0.3) is 0 Å². The Kier molecular flexibility index (Phi) is 7.70. The number of nitrogens with zero attached hydrogens (tertiary/aromatic N) is 7. The monoisotopic (exact) mass is 495 g/mol. The number of aliphatic imine (C=N–C) groups is 1. The molecule has 1 amide bonds. The number of aromatic nitrogens is 3. The lowest BCUT2D eigenvalue weighted by atomic mass is 10.2. The van der Waals surface area contributed by atoms with Crippen molar-refractivity contribution in [1.29, 1.82) is 0 Å². The van der Waals surface area contributed by atoms with E-state index < -0.39 is 11.6 Å². The largest absolute Gasteiger partial charge is 0.396 e. The molecule has 1 saturated heterocycles. The first-order valence-corrected chi connectivity index (χ1v) is 10.9. The van der Waals surface area contributed by atoms with Gasteiger partial charge in [0.2, 0.25) is 6.41 Å². The lowest BCUT2D eigenvalue weighted by Gasteiger charge is -2.26. The maximum atomic E-state index is 14.6. The fourth-order valence-electron chi connectivity index (χ4n) is 3.34. The highest BCUT2D eigenvalue weighted by molar-refractivity contribution is 6.10. The fourth-order valence-corrected chi connectivity index (χ4v) is 3.34.